The molecule has 1 amide bonds. The summed E-state index contributed by atoms with van der Waals surface area (Å²) < 4.78 is 10.4. The third-order valence-electron chi connectivity index (χ3n) is 4.56. The van der Waals surface area contributed by atoms with Gasteiger partial charge in [0, 0.05) is 25.2 Å². The lowest BCUT2D eigenvalue weighted by Crippen LogP contribution is -2.55. The predicted octanol–water partition coefficient (Wildman–Crippen LogP) is 1.82. The van der Waals surface area contributed by atoms with E-state index in [9.17, 15) is 9.59 Å². The average Bonchev–Trinajstić information content (AvgIpc) is 3.06. The standard InChI is InChI=1S/C19H23N3O4/c1-12-4-5-15(13(2)8-12)19-21-14(11-26-19)10-22-7-6-20-18(24)16(22)9-17(23)25-3/h4-5,8,11,16H,6-7,9-10H2,1-3H3,(H,20,24)/t16-/m1/s1. The van der Waals surface area contributed by atoms with Gasteiger partial charge in [-0.3, -0.25) is 14.5 Å². The lowest BCUT2D eigenvalue weighted by Gasteiger charge is -2.33. The fourth-order valence-corrected chi connectivity index (χ4v) is 3.18. The van der Waals surface area contributed by atoms with Crippen molar-refractivity contribution in [2.24, 2.45) is 0 Å². The van der Waals surface area contributed by atoms with E-state index >= 15 is 0 Å². The second kappa shape index (κ2) is 7.70. The van der Waals surface area contributed by atoms with Crippen LogP contribution >= 0.6 is 0 Å². The molecule has 3 rings (SSSR count). The van der Waals surface area contributed by atoms with Gasteiger partial charge in [0.2, 0.25) is 11.8 Å². The van der Waals surface area contributed by atoms with Gasteiger partial charge in [-0.15, -0.1) is 0 Å². The molecule has 7 nitrogen and oxygen atoms in total. The number of oxazole rings is 1. The number of piperazine rings is 1. The van der Waals surface area contributed by atoms with Gasteiger partial charge in [0.25, 0.3) is 0 Å². The van der Waals surface area contributed by atoms with Crippen molar-refractivity contribution in [2.75, 3.05) is 20.2 Å². The van der Waals surface area contributed by atoms with E-state index in [1.807, 2.05) is 30.9 Å². The second-order valence-electron chi connectivity index (χ2n) is 6.52. The van der Waals surface area contributed by atoms with Gasteiger partial charge in [0.1, 0.15) is 12.3 Å². The largest absolute Gasteiger partial charge is 0.469 e. The molecule has 1 N–H and O–H groups in total. The Bertz CT molecular complexity index is 815. The van der Waals surface area contributed by atoms with Gasteiger partial charge in [0.15, 0.2) is 0 Å². The summed E-state index contributed by atoms with van der Waals surface area (Å²) in [6.07, 6.45) is 1.63. The first-order valence-electron chi connectivity index (χ1n) is 8.58. The number of benzene rings is 1. The van der Waals surface area contributed by atoms with Crippen LogP contribution in [0.2, 0.25) is 0 Å². The number of nitrogens with zero attached hydrogens (tertiary/aromatic N) is 2. The van der Waals surface area contributed by atoms with Crippen LogP contribution in [0.4, 0.5) is 0 Å². The van der Waals surface area contributed by atoms with E-state index in [1.165, 1.54) is 12.7 Å². The molecular weight excluding hydrogens is 334 g/mol. The number of methoxy groups -OCH3 is 1. The summed E-state index contributed by atoms with van der Waals surface area (Å²) in [6, 6.07) is 5.54. The first-order chi connectivity index (χ1) is 12.5. The topological polar surface area (TPSA) is 84.7 Å². The molecule has 1 aliphatic heterocycles. The molecule has 1 aliphatic rings. The Hall–Kier alpha value is -2.67. The van der Waals surface area contributed by atoms with Crippen molar-refractivity contribution < 1.29 is 18.7 Å². The summed E-state index contributed by atoms with van der Waals surface area (Å²) >= 11 is 0. The number of ether oxygens (including phenoxy) is 1. The summed E-state index contributed by atoms with van der Waals surface area (Å²) in [5, 5.41) is 2.79. The van der Waals surface area contributed by atoms with Crippen LogP contribution in [-0.2, 0) is 20.9 Å². The number of aromatic nitrogens is 1. The Morgan fingerprint density at radius 3 is 2.96 bits per heavy atom. The van der Waals surface area contributed by atoms with Gasteiger partial charge in [-0.25, -0.2) is 4.98 Å². The SMILES string of the molecule is COC(=O)C[C@@H]1C(=O)NCCN1Cc1coc(-c2ccc(C)cc2C)n1. The molecule has 2 heterocycles. The van der Waals surface area contributed by atoms with Crippen molar-refractivity contribution in [2.45, 2.75) is 32.9 Å². The van der Waals surface area contributed by atoms with Crippen LogP contribution in [0.25, 0.3) is 11.5 Å². The minimum Gasteiger partial charge on any atom is -0.469 e. The number of amides is 1. The average molecular weight is 357 g/mol. The molecule has 0 bridgehead atoms. The predicted molar refractivity (Wildman–Crippen MR) is 95.3 cm³/mol. The van der Waals surface area contributed by atoms with E-state index in [2.05, 4.69) is 16.4 Å². The van der Waals surface area contributed by atoms with E-state index in [-0.39, 0.29) is 12.3 Å². The third kappa shape index (κ3) is 3.94. The monoisotopic (exact) mass is 357 g/mol. The zero-order valence-electron chi connectivity index (χ0n) is 15.2. The fourth-order valence-electron chi connectivity index (χ4n) is 3.18. The first-order valence-corrected chi connectivity index (χ1v) is 8.58. The van der Waals surface area contributed by atoms with Crippen molar-refractivity contribution in [1.82, 2.24) is 15.2 Å². The third-order valence-corrected chi connectivity index (χ3v) is 4.56. The van der Waals surface area contributed by atoms with Crippen LogP contribution in [0.3, 0.4) is 0 Å². The number of nitrogens with one attached hydrogen (secondary N) is 1. The lowest BCUT2D eigenvalue weighted by atomic mass is 10.1. The highest BCUT2D eigenvalue weighted by Crippen LogP contribution is 2.24. The smallest absolute Gasteiger partial charge is 0.307 e. The summed E-state index contributed by atoms with van der Waals surface area (Å²) in [7, 11) is 1.32. The Balaban J connectivity index is 1.76. The van der Waals surface area contributed by atoms with E-state index in [1.54, 1.807) is 6.26 Å². The Morgan fingerprint density at radius 2 is 2.23 bits per heavy atom. The molecule has 1 aromatic heterocycles. The first kappa shape index (κ1) is 18.1. The minimum atomic E-state index is -0.558. The molecule has 0 saturated carbocycles. The molecule has 2 aromatic rings. The molecular formula is C19H23N3O4. The molecule has 7 heteroatoms. The summed E-state index contributed by atoms with van der Waals surface area (Å²) in [4.78, 5) is 30.3. The molecule has 1 saturated heterocycles. The number of rotatable bonds is 5. The Morgan fingerprint density at radius 1 is 1.42 bits per heavy atom. The number of hydrogen-bond donors (Lipinski definition) is 1. The van der Waals surface area contributed by atoms with E-state index in [0.29, 0.717) is 25.5 Å². The van der Waals surface area contributed by atoms with Gasteiger partial charge in [-0.05, 0) is 25.5 Å². The lowest BCUT2D eigenvalue weighted by molar-refractivity contribution is -0.146. The van der Waals surface area contributed by atoms with Gasteiger partial charge in [-0.2, -0.15) is 0 Å². The molecule has 0 radical (unpaired) electrons. The highest BCUT2D eigenvalue weighted by Gasteiger charge is 2.32. The normalized spacial score (nSPS) is 17.8. The Kier molecular flexibility index (Phi) is 5.37. The summed E-state index contributed by atoms with van der Waals surface area (Å²) in [5.41, 5.74) is 3.95. The second-order valence-corrected chi connectivity index (χ2v) is 6.52. The maximum Gasteiger partial charge on any atom is 0.307 e. The highest BCUT2D eigenvalue weighted by atomic mass is 16.5. The van der Waals surface area contributed by atoms with Crippen molar-refractivity contribution in [3.63, 3.8) is 0 Å². The highest BCUT2D eigenvalue weighted by molar-refractivity contribution is 5.87. The molecule has 0 spiro atoms. The minimum absolute atomic E-state index is 0.0180. The summed E-state index contributed by atoms with van der Waals surface area (Å²) in [6.45, 7) is 5.68. The molecule has 26 heavy (non-hydrogen) atoms. The number of esters is 1. The Labute approximate surface area is 152 Å². The maximum absolute atomic E-state index is 12.1. The molecule has 1 aromatic carbocycles. The van der Waals surface area contributed by atoms with E-state index in [0.717, 1.165) is 16.8 Å². The van der Waals surface area contributed by atoms with Crippen LogP contribution in [0, 0.1) is 13.8 Å². The number of carbonyl (C=O) groups is 2. The van der Waals surface area contributed by atoms with Gasteiger partial charge in [0.05, 0.1) is 19.2 Å². The van der Waals surface area contributed by atoms with Crippen LogP contribution < -0.4 is 5.32 Å². The molecule has 138 valence electrons. The fraction of sp³-hybridized carbons (Fsp3) is 0.421. The quantitative estimate of drug-likeness (QED) is 0.822. The van der Waals surface area contributed by atoms with Crippen molar-refractivity contribution in [3.8, 4) is 11.5 Å². The van der Waals surface area contributed by atoms with Crippen molar-refractivity contribution >= 4 is 11.9 Å². The van der Waals surface area contributed by atoms with Crippen LogP contribution in [0.5, 0.6) is 0 Å². The van der Waals surface area contributed by atoms with Gasteiger partial charge < -0.3 is 14.5 Å². The molecule has 1 fully saturated rings. The number of aryl methyl sites for hydroxylation is 2. The molecule has 0 aliphatic carbocycles. The van der Waals surface area contributed by atoms with Gasteiger partial charge in [-0.1, -0.05) is 17.7 Å². The van der Waals surface area contributed by atoms with Crippen LogP contribution in [-0.4, -0.2) is 48.0 Å². The van der Waals surface area contributed by atoms with Crippen molar-refractivity contribution in [3.05, 3.63) is 41.3 Å². The number of hydrogen-bond acceptors (Lipinski definition) is 6. The zero-order chi connectivity index (χ0) is 18.7. The molecule has 0 unspecified atom stereocenters. The number of carbonyl (C=O) groups excluding carboxylic acids is 2. The van der Waals surface area contributed by atoms with E-state index in [4.69, 9.17) is 9.15 Å². The zero-order valence-corrected chi connectivity index (χ0v) is 15.2. The van der Waals surface area contributed by atoms with Crippen LogP contribution in [0.1, 0.15) is 23.2 Å². The summed E-state index contributed by atoms with van der Waals surface area (Å²) in [5.74, 6) is -0.0172. The van der Waals surface area contributed by atoms with Crippen LogP contribution in [0.15, 0.2) is 28.9 Å². The maximum atomic E-state index is 12.1. The van der Waals surface area contributed by atoms with Crippen molar-refractivity contribution in [1.29, 1.82) is 0 Å². The molecule has 1 atom stereocenters. The van der Waals surface area contributed by atoms with E-state index < -0.39 is 12.0 Å². The van der Waals surface area contributed by atoms with Gasteiger partial charge >= 0.3 is 5.97 Å².